The van der Waals surface area contributed by atoms with Gasteiger partial charge in [0.1, 0.15) is 5.69 Å². The van der Waals surface area contributed by atoms with E-state index in [-0.39, 0.29) is 17.9 Å². The van der Waals surface area contributed by atoms with Crippen molar-refractivity contribution in [2.75, 3.05) is 0 Å². The van der Waals surface area contributed by atoms with Gasteiger partial charge in [-0.3, -0.25) is 14.8 Å². The molecule has 0 aliphatic carbocycles. The van der Waals surface area contributed by atoms with Gasteiger partial charge in [-0.1, -0.05) is 12.1 Å². The van der Waals surface area contributed by atoms with Crippen LogP contribution in [0.15, 0.2) is 36.5 Å². The molecule has 1 aromatic heterocycles. The maximum atomic E-state index is 10.9. The van der Waals surface area contributed by atoms with E-state index in [1.54, 1.807) is 12.1 Å². The molecule has 0 bridgehead atoms. The average Bonchev–Trinajstić information content (AvgIpc) is 2.78. The van der Waals surface area contributed by atoms with E-state index in [4.69, 9.17) is 5.11 Å². The molecule has 18 heavy (non-hydrogen) atoms. The zero-order valence-electron chi connectivity index (χ0n) is 9.18. The number of rotatable bonds is 4. The van der Waals surface area contributed by atoms with Crippen LogP contribution in [0.3, 0.4) is 0 Å². The number of carboxylic acids is 1. The molecule has 2 aromatic rings. The smallest absolute Gasteiger partial charge is 0.354 e. The Labute approximate surface area is 101 Å². The molecule has 7 nitrogen and oxygen atoms in total. The highest BCUT2D eigenvalue weighted by molar-refractivity contribution is 5.85. The van der Waals surface area contributed by atoms with Crippen molar-refractivity contribution in [3.8, 4) is 0 Å². The Morgan fingerprint density at radius 1 is 1.33 bits per heavy atom. The number of hydrogen-bond donors (Lipinski definition) is 1. The maximum Gasteiger partial charge on any atom is 0.354 e. The summed E-state index contributed by atoms with van der Waals surface area (Å²) in [6.07, 6.45) is 1.40. The fourth-order valence-corrected chi connectivity index (χ4v) is 1.54. The third-order valence-electron chi connectivity index (χ3n) is 2.42. The molecule has 0 spiro atoms. The second kappa shape index (κ2) is 4.66. The lowest BCUT2D eigenvalue weighted by molar-refractivity contribution is -0.384. The zero-order valence-corrected chi connectivity index (χ0v) is 9.18. The number of nitro groups is 1. The molecule has 92 valence electrons. The number of hydrogen-bond acceptors (Lipinski definition) is 4. The molecule has 0 saturated heterocycles. The van der Waals surface area contributed by atoms with Gasteiger partial charge in [0.15, 0.2) is 0 Å². The number of nitrogens with zero attached hydrogens (tertiary/aromatic N) is 3. The lowest BCUT2D eigenvalue weighted by atomic mass is 10.2. The summed E-state index contributed by atoms with van der Waals surface area (Å²) in [6, 6.07) is 7.29. The first-order valence-corrected chi connectivity index (χ1v) is 5.06. The summed E-state index contributed by atoms with van der Waals surface area (Å²) >= 11 is 0. The largest absolute Gasteiger partial charge is 0.477 e. The maximum absolute atomic E-state index is 10.9. The summed E-state index contributed by atoms with van der Waals surface area (Å²) in [7, 11) is 0. The Hall–Kier alpha value is -2.70. The first-order chi connectivity index (χ1) is 8.58. The van der Waals surface area contributed by atoms with Crippen LogP contribution in [0.4, 0.5) is 5.69 Å². The number of non-ortho nitro benzene ring substituents is 1. The van der Waals surface area contributed by atoms with Gasteiger partial charge >= 0.3 is 5.97 Å². The second-order valence-electron chi connectivity index (χ2n) is 3.60. The summed E-state index contributed by atoms with van der Waals surface area (Å²) in [4.78, 5) is 20.9. The third kappa shape index (κ3) is 2.34. The van der Waals surface area contributed by atoms with Gasteiger partial charge in [0.2, 0.25) is 0 Å². The number of benzene rings is 1. The van der Waals surface area contributed by atoms with Crippen LogP contribution in [0.25, 0.3) is 0 Å². The third-order valence-corrected chi connectivity index (χ3v) is 2.42. The van der Waals surface area contributed by atoms with Crippen molar-refractivity contribution < 1.29 is 14.8 Å². The van der Waals surface area contributed by atoms with Gasteiger partial charge in [-0.25, -0.2) is 4.79 Å². The predicted octanol–water partition coefficient (Wildman–Crippen LogP) is 1.54. The average molecular weight is 247 g/mol. The van der Waals surface area contributed by atoms with Crippen molar-refractivity contribution in [2.45, 2.75) is 6.54 Å². The lowest BCUT2D eigenvalue weighted by Gasteiger charge is -2.04. The highest BCUT2D eigenvalue weighted by Crippen LogP contribution is 2.13. The Morgan fingerprint density at radius 3 is 2.56 bits per heavy atom. The van der Waals surface area contributed by atoms with Crippen LogP contribution < -0.4 is 0 Å². The SMILES string of the molecule is O=C(O)c1ccnn1Cc1ccc([N+](=O)[O-])cc1. The number of aromatic carboxylic acids is 1. The molecule has 0 aliphatic rings. The lowest BCUT2D eigenvalue weighted by Crippen LogP contribution is -2.10. The first kappa shape index (κ1) is 11.8. The van der Waals surface area contributed by atoms with E-state index in [1.165, 1.54) is 29.1 Å². The first-order valence-electron chi connectivity index (χ1n) is 5.06. The Bertz CT molecular complexity index is 589. The molecule has 1 N–H and O–H groups in total. The van der Waals surface area contributed by atoms with Crippen molar-refractivity contribution in [2.24, 2.45) is 0 Å². The van der Waals surface area contributed by atoms with Crippen molar-refractivity contribution in [3.63, 3.8) is 0 Å². The zero-order chi connectivity index (χ0) is 13.1. The van der Waals surface area contributed by atoms with E-state index in [0.717, 1.165) is 5.56 Å². The standard InChI is InChI=1S/C11H9N3O4/c15-11(16)10-5-6-12-13(10)7-8-1-3-9(4-2-8)14(17)18/h1-6H,7H2,(H,15,16). The van der Waals surface area contributed by atoms with Gasteiger partial charge in [0, 0.05) is 18.3 Å². The van der Waals surface area contributed by atoms with E-state index in [9.17, 15) is 14.9 Å². The van der Waals surface area contributed by atoms with Gasteiger partial charge in [0.25, 0.3) is 5.69 Å². The quantitative estimate of drug-likeness (QED) is 0.652. The van der Waals surface area contributed by atoms with Crippen molar-refractivity contribution in [3.05, 3.63) is 57.9 Å². The Morgan fingerprint density at radius 2 is 2.00 bits per heavy atom. The second-order valence-corrected chi connectivity index (χ2v) is 3.60. The molecule has 1 heterocycles. The summed E-state index contributed by atoms with van der Waals surface area (Å²) in [6.45, 7) is 0.257. The molecule has 0 amide bonds. The highest BCUT2D eigenvalue weighted by atomic mass is 16.6. The van der Waals surface area contributed by atoms with E-state index in [0.29, 0.717) is 0 Å². The molecule has 2 rings (SSSR count). The Balaban J connectivity index is 2.21. The summed E-state index contributed by atoms with van der Waals surface area (Å²) in [5.41, 5.74) is 0.817. The van der Waals surface area contributed by atoms with Crippen molar-refractivity contribution >= 4 is 11.7 Å². The monoisotopic (exact) mass is 247 g/mol. The van der Waals surface area contributed by atoms with Crippen LogP contribution in [-0.2, 0) is 6.54 Å². The number of carbonyl (C=O) groups is 1. The number of carboxylic acid groups (broad SMARTS) is 1. The molecule has 0 aliphatic heterocycles. The number of aromatic nitrogens is 2. The molecule has 0 radical (unpaired) electrons. The molecular formula is C11H9N3O4. The summed E-state index contributed by atoms with van der Waals surface area (Å²) in [5, 5.41) is 23.3. The normalized spacial score (nSPS) is 10.2. The van der Waals surface area contributed by atoms with Crippen LogP contribution in [0, 0.1) is 10.1 Å². The van der Waals surface area contributed by atoms with E-state index < -0.39 is 10.9 Å². The van der Waals surface area contributed by atoms with Gasteiger partial charge in [-0.2, -0.15) is 5.10 Å². The summed E-state index contributed by atoms with van der Waals surface area (Å²) < 4.78 is 1.32. The number of nitro benzene ring substituents is 1. The van der Waals surface area contributed by atoms with Gasteiger partial charge in [-0.05, 0) is 11.6 Å². The molecule has 0 saturated carbocycles. The fraction of sp³-hybridized carbons (Fsp3) is 0.0909. The highest BCUT2D eigenvalue weighted by Gasteiger charge is 2.11. The molecule has 1 aromatic carbocycles. The molecule has 0 fully saturated rings. The van der Waals surface area contributed by atoms with Crippen molar-refractivity contribution in [1.82, 2.24) is 9.78 Å². The van der Waals surface area contributed by atoms with E-state index in [2.05, 4.69) is 5.10 Å². The Kier molecular flexibility index (Phi) is 3.05. The van der Waals surface area contributed by atoms with Gasteiger partial charge < -0.3 is 5.11 Å². The minimum absolute atomic E-state index is 0.00215. The predicted molar refractivity (Wildman–Crippen MR) is 61.4 cm³/mol. The molecular weight excluding hydrogens is 238 g/mol. The van der Waals surface area contributed by atoms with Gasteiger partial charge in [-0.15, -0.1) is 0 Å². The van der Waals surface area contributed by atoms with E-state index in [1.807, 2.05) is 0 Å². The van der Waals surface area contributed by atoms with Crippen molar-refractivity contribution in [1.29, 1.82) is 0 Å². The van der Waals surface area contributed by atoms with Crippen LogP contribution >= 0.6 is 0 Å². The molecule has 0 unspecified atom stereocenters. The summed E-state index contributed by atoms with van der Waals surface area (Å²) in [5.74, 6) is -1.06. The molecule has 7 heteroatoms. The topological polar surface area (TPSA) is 98.3 Å². The molecule has 0 atom stereocenters. The van der Waals surface area contributed by atoms with Gasteiger partial charge in [0.05, 0.1) is 11.5 Å². The van der Waals surface area contributed by atoms with Crippen LogP contribution in [0.2, 0.25) is 0 Å². The minimum atomic E-state index is -1.06. The fourth-order valence-electron chi connectivity index (χ4n) is 1.54. The van der Waals surface area contributed by atoms with Crippen LogP contribution in [0.1, 0.15) is 16.1 Å². The van der Waals surface area contributed by atoms with Crippen LogP contribution in [-0.4, -0.2) is 25.8 Å². The van der Waals surface area contributed by atoms with E-state index >= 15 is 0 Å². The van der Waals surface area contributed by atoms with Crippen LogP contribution in [0.5, 0.6) is 0 Å². The minimum Gasteiger partial charge on any atom is -0.477 e.